The molecule has 2 rings (SSSR count). The number of aromatic nitrogens is 4. The monoisotopic (exact) mass is 247 g/mol. The van der Waals surface area contributed by atoms with Gasteiger partial charge in [-0.2, -0.15) is 5.10 Å². The molecule has 0 amide bonds. The largest absolute Gasteiger partial charge is 0.463 e. The van der Waals surface area contributed by atoms with Crippen LogP contribution in [-0.2, 0) is 11.8 Å². The molecular formula is C11H13N5O2. The van der Waals surface area contributed by atoms with Gasteiger partial charge in [0.15, 0.2) is 0 Å². The highest BCUT2D eigenvalue weighted by Gasteiger charge is 2.14. The summed E-state index contributed by atoms with van der Waals surface area (Å²) in [5.41, 5.74) is 1.42. The van der Waals surface area contributed by atoms with E-state index in [1.165, 1.54) is 7.11 Å². The van der Waals surface area contributed by atoms with Gasteiger partial charge in [-0.25, -0.2) is 14.8 Å². The van der Waals surface area contributed by atoms with Crippen molar-refractivity contribution in [3.05, 3.63) is 24.3 Å². The Balaban J connectivity index is 2.50. The van der Waals surface area contributed by atoms with E-state index in [-0.39, 0.29) is 5.82 Å². The Bertz CT molecular complexity index is 579. The molecular weight excluding hydrogens is 234 g/mol. The van der Waals surface area contributed by atoms with Crippen LogP contribution in [0.25, 0.3) is 11.3 Å². The number of esters is 1. The Morgan fingerprint density at radius 3 is 2.78 bits per heavy atom. The van der Waals surface area contributed by atoms with Crippen molar-refractivity contribution in [2.24, 2.45) is 7.05 Å². The van der Waals surface area contributed by atoms with Gasteiger partial charge >= 0.3 is 5.97 Å². The van der Waals surface area contributed by atoms with Crippen molar-refractivity contribution in [2.45, 2.75) is 0 Å². The average Bonchev–Trinajstić information content (AvgIpc) is 2.84. The van der Waals surface area contributed by atoms with Gasteiger partial charge in [-0.1, -0.05) is 0 Å². The summed E-state index contributed by atoms with van der Waals surface area (Å²) in [7, 11) is 4.82. The first-order valence-electron chi connectivity index (χ1n) is 5.28. The quantitative estimate of drug-likeness (QED) is 0.804. The van der Waals surface area contributed by atoms with Crippen LogP contribution in [-0.4, -0.2) is 39.9 Å². The highest BCUT2D eigenvalue weighted by Crippen LogP contribution is 2.19. The zero-order valence-corrected chi connectivity index (χ0v) is 10.3. The third kappa shape index (κ3) is 2.29. The van der Waals surface area contributed by atoms with Crippen molar-refractivity contribution in [1.29, 1.82) is 0 Å². The van der Waals surface area contributed by atoms with E-state index in [0.717, 1.165) is 5.56 Å². The van der Waals surface area contributed by atoms with E-state index in [1.54, 1.807) is 24.0 Å². The topological polar surface area (TPSA) is 81.9 Å². The molecule has 0 unspecified atom stereocenters. The lowest BCUT2D eigenvalue weighted by molar-refractivity contribution is 0.0587. The van der Waals surface area contributed by atoms with Crippen LogP contribution in [0.1, 0.15) is 10.6 Å². The van der Waals surface area contributed by atoms with E-state index in [9.17, 15) is 4.79 Å². The van der Waals surface area contributed by atoms with Gasteiger partial charge in [-0.05, 0) is 0 Å². The van der Waals surface area contributed by atoms with Gasteiger partial charge in [0, 0.05) is 31.9 Å². The number of anilines is 1. The van der Waals surface area contributed by atoms with Crippen molar-refractivity contribution in [3.63, 3.8) is 0 Å². The number of hydrogen-bond donors (Lipinski definition) is 1. The maximum Gasteiger partial charge on any atom is 0.376 e. The lowest BCUT2D eigenvalue weighted by Gasteiger charge is -2.05. The zero-order valence-electron chi connectivity index (χ0n) is 10.3. The number of nitrogens with one attached hydrogen (secondary N) is 1. The summed E-state index contributed by atoms with van der Waals surface area (Å²) in [6.45, 7) is 0. The number of aryl methyl sites for hydroxylation is 1. The molecule has 0 aliphatic heterocycles. The van der Waals surface area contributed by atoms with Crippen LogP contribution >= 0.6 is 0 Å². The average molecular weight is 247 g/mol. The molecule has 0 bridgehead atoms. The van der Waals surface area contributed by atoms with Gasteiger partial charge in [-0.15, -0.1) is 0 Å². The van der Waals surface area contributed by atoms with Crippen LogP contribution in [0.2, 0.25) is 0 Å². The van der Waals surface area contributed by atoms with Gasteiger partial charge in [0.25, 0.3) is 0 Å². The third-order valence-electron chi connectivity index (χ3n) is 2.35. The molecule has 0 atom stereocenters. The van der Waals surface area contributed by atoms with Crippen LogP contribution in [0.5, 0.6) is 0 Å². The van der Waals surface area contributed by atoms with E-state index in [1.807, 2.05) is 13.2 Å². The molecule has 0 spiro atoms. The maximum atomic E-state index is 11.5. The Labute approximate surface area is 104 Å². The van der Waals surface area contributed by atoms with Gasteiger partial charge in [0.2, 0.25) is 5.82 Å². The number of ether oxygens (including phenoxy) is 1. The Hall–Kier alpha value is -2.44. The number of hydrogen-bond acceptors (Lipinski definition) is 6. The first-order valence-corrected chi connectivity index (χ1v) is 5.28. The second-order valence-electron chi connectivity index (χ2n) is 3.61. The SMILES string of the molecule is CNc1cc(-c2cnn(C)c2)nc(C(=O)OC)n1. The number of rotatable bonds is 3. The minimum absolute atomic E-state index is 0.0169. The molecule has 0 aromatic carbocycles. The van der Waals surface area contributed by atoms with Crippen molar-refractivity contribution in [1.82, 2.24) is 19.7 Å². The molecule has 2 aromatic rings. The standard InChI is InChI=1S/C11H13N5O2/c1-12-9-4-8(7-5-13-16(2)6-7)14-10(15-9)11(17)18-3/h4-6H,1-3H3,(H,12,14,15). The molecule has 0 fully saturated rings. The lowest BCUT2D eigenvalue weighted by Crippen LogP contribution is -2.09. The summed E-state index contributed by atoms with van der Waals surface area (Å²) in [6.07, 6.45) is 3.48. The highest BCUT2D eigenvalue weighted by molar-refractivity contribution is 5.86. The van der Waals surface area contributed by atoms with Gasteiger partial charge in [0.05, 0.1) is 19.0 Å². The predicted octanol–water partition coefficient (Wildman–Crippen LogP) is 0.705. The maximum absolute atomic E-state index is 11.5. The normalized spacial score (nSPS) is 10.2. The van der Waals surface area contributed by atoms with E-state index in [4.69, 9.17) is 0 Å². The van der Waals surface area contributed by atoms with Crippen molar-refractivity contribution in [2.75, 3.05) is 19.5 Å². The molecule has 0 saturated heterocycles. The summed E-state index contributed by atoms with van der Waals surface area (Å²) >= 11 is 0. The van der Waals surface area contributed by atoms with E-state index >= 15 is 0 Å². The van der Waals surface area contributed by atoms with Crippen LogP contribution in [0, 0.1) is 0 Å². The van der Waals surface area contributed by atoms with Crippen molar-refractivity contribution >= 4 is 11.8 Å². The molecule has 2 heterocycles. The zero-order chi connectivity index (χ0) is 13.1. The van der Waals surface area contributed by atoms with Gasteiger partial charge < -0.3 is 10.1 Å². The fourth-order valence-corrected chi connectivity index (χ4v) is 1.46. The molecule has 7 heteroatoms. The van der Waals surface area contributed by atoms with E-state index in [2.05, 4.69) is 25.1 Å². The lowest BCUT2D eigenvalue weighted by atomic mass is 10.2. The second kappa shape index (κ2) is 4.82. The predicted molar refractivity (Wildman–Crippen MR) is 65.1 cm³/mol. The summed E-state index contributed by atoms with van der Waals surface area (Å²) in [6, 6.07) is 1.74. The van der Waals surface area contributed by atoms with Crippen LogP contribution in [0.3, 0.4) is 0 Å². The molecule has 7 nitrogen and oxygen atoms in total. The summed E-state index contributed by atoms with van der Waals surface area (Å²) in [5.74, 6) is -0.00954. The number of carbonyl (C=O) groups is 1. The number of nitrogens with zero attached hydrogens (tertiary/aromatic N) is 4. The van der Waals surface area contributed by atoms with E-state index < -0.39 is 5.97 Å². The summed E-state index contributed by atoms with van der Waals surface area (Å²) in [5, 5.41) is 6.94. The summed E-state index contributed by atoms with van der Waals surface area (Å²) < 4.78 is 6.28. The molecule has 18 heavy (non-hydrogen) atoms. The van der Waals surface area contributed by atoms with Crippen LogP contribution < -0.4 is 5.32 Å². The van der Waals surface area contributed by atoms with Crippen LogP contribution in [0.4, 0.5) is 5.82 Å². The molecule has 0 radical (unpaired) electrons. The fraction of sp³-hybridized carbons (Fsp3) is 0.273. The van der Waals surface area contributed by atoms with Crippen molar-refractivity contribution in [3.8, 4) is 11.3 Å². The number of methoxy groups -OCH3 is 1. The summed E-state index contributed by atoms with van der Waals surface area (Å²) in [4.78, 5) is 19.7. The minimum Gasteiger partial charge on any atom is -0.463 e. The fourth-order valence-electron chi connectivity index (χ4n) is 1.46. The Morgan fingerprint density at radius 2 is 2.22 bits per heavy atom. The minimum atomic E-state index is -0.572. The Morgan fingerprint density at radius 1 is 1.44 bits per heavy atom. The second-order valence-corrected chi connectivity index (χ2v) is 3.61. The molecule has 0 aliphatic rings. The molecule has 0 aliphatic carbocycles. The van der Waals surface area contributed by atoms with Crippen LogP contribution in [0.15, 0.2) is 18.5 Å². The molecule has 0 saturated carbocycles. The smallest absolute Gasteiger partial charge is 0.376 e. The molecule has 2 aromatic heterocycles. The van der Waals surface area contributed by atoms with Crippen molar-refractivity contribution < 1.29 is 9.53 Å². The first kappa shape index (κ1) is 12.0. The number of carbonyl (C=O) groups excluding carboxylic acids is 1. The Kier molecular flexibility index (Phi) is 3.22. The van der Waals surface area contributed by atoms with E-state index in [0.29, 0.717) is 11.5 Å². The third-order valence-corrected chi connectivity index (χ3v) is 2.35. The molecule has 94 valence electrons. The highest BCUT2D eigenvalue weighted by atomic mass is 16.5. The van der Waals surface area contributed by atoms with Gasteiger partial charge in [0.1, 0.15) is 5.82 Å². The van der Waals surface area contributed by atoms with Gasteiger partial charge in [-0.3, -0.25) is 4.68 Å². The first-order chi connectivity index (χ1) is 8.63. The molecule has 1 N–H and O–H groups in total.